The minimum atomic E-state index is -0.157. The highest BCUT2D eigenvalue weighted by Gasteiger charge is 2.13. The number of benzene rings is 2. The molecule has 0 aliphatic heterocycles. The van der Waals surface area contributed by atoms with Crippen molar-refractivity contribution >= 4 is 5.91 Å². The molecule has 2 rings (SSSR count). The third-order valence-corrected chi connectivity index (χ3v) is 4.06. The van der Waals surface area contributed by atoms with Gasteiger partial charge in [-0.1, -0.05) is 45.0 Å². The maximum atomic E-state index is 12.0. The van der Waals surface area contributed by atoms with Crippen molar-refractivity contribution in [2.75, 3.05) is 26.9 Å². The van der Waals surface area contributed by atoms with Crippen LogP contribution in [0.5, 0.6) is 11.5 Å². The van der Waals surface area contributed by atoms with Gasteiger partial charge in [-0.05, 0) is 40.8 Å². The summed E-state index contributed by atoms with van der Waals surface area (Å²) in [5, 5.41) is 2.85. The topological polar surface area (TPSA) is 56.8 Å². The Balaban J connectivity index is 1.73. The molecule has 0 saturated carbocycles. The zero-order chi connectivity index (χ0) is 19.7. The lowest BCUT2D eigenvalue weighted by molar-refractivity contribution is -0.123. The second-order valence-electron chi connectivity index (χ2n) is 7.32. The molecular weight excluding hydrogens is 342 g/mol. The summed E-state index contributed by atoms with van der Waals surface area (Å²) in [5.74, 6) is 1.31. The first-order chi connectivity index (χ1) is 12.9. The first-order valence-corrected chi connectivity index (χ1v) is 9.09. The van der Waals surface area contributed by atoms with E-state index in [-0.39, 0.29) is 17.9 Å². The van der Waals surface area contributed by atoms with Crippen LogP contribution in [0.25, 0.3) is 0 Å². The molecule has 0 saturated heterocycles. The van der Waals surface area contributed by atoms with Crippen LogP contribution in [0.15, 0.2) is 48.5 Å². The predicted molar refractivity (Wildman–Crippen MR) is 106 cm³/mol. The number of hydrogen-bond acceptors (Lipinski definition) is 4. The van der Waals surface area contributed by atoms with Crippen LogP contribution in [0.2, 0.25) is 0 Å². The smallest absolute Gasteiger partial charge is 0.258 e. The van der Waals surface area contributed by atoms with Crippen LogP contribution in [-0.4, -0.2) is 32.8 Å². The molecule has 146 valence electrons. The average Bonchev–Trinajstić information content (AvgIpc) is 2.65. The third kappa shape index (κ3) is 7.31. The Hall–Kier alpha value is -2.53. The van der Waals surface area contributed by atoms with Crippen molar-refractivity contribution in [3.05, 3.63) is 59.7 Å². The summed E-state index contributed by atoms with van der Waals surface area (Å²) < 4.78 is 16.0. The zero-order valence-electron chi connectivity index (χ0n) is 16.6. The summed E-state index contributed by atoms with van der Waals surface area (Å²) in [6.45, 7) is 7.99. The second-order valence-corrected chi connectivity index (χ2v) is 7.32. The highest BCUT2D eigenvalue weighted by molar-refractivity contribution is 5.77. The minimum Gasteiger partial charge on any atom is -0.491 e. The normalized spacial score (nSPS) is 11.1. The Bertz CT molecular complexity index is 703. The third-order valence-electron chi connectivity index (χ3n) is 4.06. The molecule has 0 fully saturated rings. The van der Waals surface area contributed by atoms with Gasteiger partial charge in [0.25, 0.3) is 5.91 Å². The molecule has 27 heavy (non-hydrogen) atoms. The summed E-state index contributed by atoms with van der Waals surface area (Å²) in [6, 6.07) is 15.5. The quantitative estimate of drug-likeness (QED) is 0.683. The lowest BCUT2D eigenvalue weighted by atomic mass is 9.87. The summed E-state index contributed by atoms with van der Waals surface area (Å²) in [6.07, 6.45) is 0. The fourth-order valence-corrected chi connectivity index (χ4v) is 2.40. The monoisotopic (exact) mass is 371 g/mol. The first kappa shape index (κ1) is 20.8. The van der Waals surface area contributed by atoms with E-state index in [1.165, 1.54) is 5.56 Å². The summed E-state index contributed by atoms with van der Waals surface area (Å²) in [5.41, 5.74) is 2.33. The molecule has 0 aromatic heterocycles. The molecule has 0 aliphatic carbocycles. The molecule has 0 atom stereocenters. The van der Waals surface area contributed by atoms with Gasteiger partial charge in [0, 0.05) is 13.7 Å². The number of methoxy groups -OCH3 is 1. The highest BCUT2D eigenvalue weighted by atomic mass is 16.5. The Morgan fingerprint density at radius 3 is 2.07 bits per heavy atom. The van der Waals surface area contributed by atoms with Crippen molar-refractivity contribution in [1.29, 1.82) is 0 Å². The van der Waals surface area contributed by atoms with Crippen molar-refractivity contribution in [2.24, 2.45) is 0 Å². The molecule has 5 nitrogen and oxygen atoms in total. The van der Waals surface area contributed by atoms with Crippen LogP contribution < -0.4 is 14.8 Å². The molecule has 2 aromatic carbocycles. The van der Waals surface area contributed by atoms with Crippen molar-refractivity contribution in [3.63, 3.8) is 0 Å². The van der Waals surface area contributed by atoms with Gasteiger partial charge in [0.05, 0.1) is 6.61 Å². The second kappa shape index (κ2) is 9.97. The maximum absolute atomic E-state index is 12.0. The van der Waals surface area contributed by atoms with Crippen LogP contribution in [0, 0.1) is 0 Å². The molecule has 0 radical (unpaired) electrons. The van der Waals surface area contributed by atoms with E-state index in [4.69, 9.17) is 14.2 Å². The zero-order valence-corrected chi connectivity index (χ0v) is 16.6. The molecule has 0 spiro atoms. The van der Waals surface area contributed by atoms with Gasteiger partial charge < -0.3 is 19.5 Å². The summed E-state index contributed by atoms with van der Waals surface area (Å²) >= 11 is 0. The van der Waals surface area contributed by atoms with E-state index < -0.39 is 0 Å². The van der Waals surface area contributed by atoms with Crippen LogP contribution in [-0.2, 0) is 21.5 Å². The Kier molecular flexibility index (Phi) is 7.67. The summed E-state index contributed by atoms with van der Waals surface area (Å²) in [7, 11) is 1.64. The van der Waals surface area contributed by atoms with Crippen molar-refractivity contribution in [2.45, 2.75) is 32.7 Å². The highest BCUT2D eigenvalue weighted by Crippen LogP contribution is 2.24. The van der Waals surface area contributed by atoms with E-state index >= 15 is 0 Å². The number of rotatable bonds is 9. The molecule has 0 bridgehead atoms. The van der Waals surface area contributed by atoms with Crippen LogP contribution in [0.3, 0.4) is 0 Å². The number of ether oxygens (including phenoxy) is 3. The van der Waals surface area contributed by atoms with Gasteiger partial charge in [0.2, 0.25) is 0 Å². The van der Waals surface area contributed by atoms with Gasteiger partial charge in [-0.2, -0.15) is 0 Å². The van der Waals surface area contributed by atoms with Gasteiger partial charge >= 0.3 is 0 Å². The molecule has 2 aromatic rings. The standard InChI is InChI=1S/C22H29NO4/c1-22(2,3)18-7-11-20(12-8-18)27-16-21(24)23-15-17-5-9-19(10-6-17)26-14-13-25-4/h5-12H,13-16H2,1-4H3,(H,23,24). The van der Waals surface area contributed by atoms with Crippen LogP contribution >= 0.6 is 0 Å². The van der Waals surface area contributed by atoms with E-state index in [0.717, 1.165) is 11.3 Å². The minimum absolute atomic E-state index is 0.00687. The van der Waals surface area contributed by atoms with Gasteiger partial charge in [-0.3, -0.25) is 4.79 Å². The Morgan fingerprint density at radius 2 is 1.48 bits per heavy atom. The first-order valence-electron chi connectivity index (χ1n) is 9.09. The van der Waals surface area contributed by atoms with Crippen molar-refractivity contribution in [3.8, 4) is 11.5 Å². The van der Waals surface area contributed by atoms with E-state index in [0.29, 0.717) is 25.5 Å². The van der Waals surface area contributed by atoms with Crippen LogP contribution in [0.4, 0.5) is 0 Å². The molecule has 0 heterocycles. The van der Waals surface area contributed by atoms with E-state index in [9.17, 15) is 4.79 Å². The van der Waals surface area contributed by atoms with Gasteiger partial charge in [-0.15, -0.1) is 0 Å². The van der Waals surface area contributed by atoms with Gasteiger partial charge in [0.1, 0.15) is 18.1 Å². The Labute approximate surface area is 161 Å². The van der Waals surface area contributed by atoms with Crippen molar-refractivity contribution in [1.82, 2.24) is 5.32 Å². The maximum Gasteiger partial charge on any atom is 0.258 e. The number of hydrogen-bond donors (Lipinski definition) is 1. The molecule has 1 N–H and O–H groups in total. The Morgan fingerprint density at radius 1 is 0.889 bits per heavy atom. The molecule has 0 aliphatic rings. The number of carbonyl (C=O) groups is 1. The predicted octanol–water partition coefficient (Wildman–Crippen LogP) is 3.70. The number of carbonyl (C=O) groups excluding carboxylic acids is 1. The number of nitrogens with one attached hydrogen (secondary N) is 1. The van der Waals surface area contributed by atoms with Gasteiger partial charge in [-0.25, -0.2) is 0 Å². The van der Waals surface area contributed by atoms with E-state index in [1.54, 1.807) is 7.11 Å². The average molecular weight is 371 g/mol. The van der Waals surface area contributed by atoms with Crippen LogP contribution in [0.1, 0.15) is 31.9 Å². The van der Waals surface area contributed by atoms with E-state index in [2.05, 4.69) is 26.1 Å². The molecule has 1 amide bonds. The van der Waals surface area contributed by atoms with Crippen molar-refractivity contribution < 1.29 is 19.0 Å². The largest absolute Gasteiger partial charge is 0.491 e. The lowest BCUT2D eigenvalue weighted by Crippen LogP contribution is -2.28. The number of amides is 1. The molecule has 5 heteroatoms. The SMILES string of the molecule is COCCOc1ccc(CNC(=O)COc2ccc(C(C)(C)C)cc2)cc1. The van der Waals surface area contributed by atoms with E-state index in [1.807, 2.05) is 48.5 Å². The fourth-order valence-electron chi connectivity index (χ4n) is 2.40. The summed E-state index contributed by atoms with van der Waals surface area (Å²) in [4.78, 5) is 12.0. The molecule has 0 unspecified atom stereocenters. The fraction of sp³-hybridized carbons (Fsp3) is 0.409. The van der Waals surface area contributed by atoms with Gasteiger partial charge in [0.15, 0.2) is 6.61 Å². The lowest BCUT2D eigenvalue weighted by Gasteiger charge is -2.19. The molecular formula is C22H29NO4.